The summed E-state index contributed by atoms with van der Waals surface area (Å²) in [5, 5.41) is -0.0648. The lowest BCUT2D eigenvalue weighted by molar-refractivity contribution is 0.00983. The van der Waals surface area contributed by atoms with E-state index >= 15 is 0 Å². The van der Waals surface area contributed by atoms with Gasteiger partial charge < -0.3 is 0 Å². The van der Waals surface area contributed by atoms with Gasteiger partial charge in [-0.15, -0.1) is 0 Å². The first-order valence-electron chi connectivity index (χ1n) is 2.66. The van der Waals surface area contributed by atoms with Crippen LogP contribution in [0.1, 0.15) is 19.3 Å². The number of alkyl halides is 2. The second-order valence-electron chi connectivity index (χ2n) is 2.25. The molecule has 1 saturated carbocycles. The molecule has 1 fully saturated rings. The summed E-state index contributed by atoms with van der Waals surface area (Å²) in [5.41, 5.74) is 0. The number of halogens is 2. The van der Waals surface area contributed by atoms with Crippen LogP contribution in [-0.4, -0.2) is 11.2 Å². The van der Waals surface area contributed by atoms with Gasteiger partial charge in [0.15, 0.2) is 0 Å². The Bertz CT molecular complexity index is 92.4. The molecular weight excluding hydrogens is 130 g/mol. The molecule has 0 heterocycles. The van der Waals surface area contributed by atoms with Crippen LogP contribution < -0.4 is 0 Å². The van der Waals surface area contributed by atoms with Gasteiger partial charge in [0.1, 0.15) is 0 Å². The van der Waals surface area contributed by atoms with Gasteiger partial charge in [0, 0.05) is 18.1 Å². The van der Waals surface area contributed by atoms with Crippen molar-refractivity contribution in [2.24, 2.45) is 0 Å². The Kier molecular flexibility index (Phi) is 1.48. The third-order valence-corrected chi connectivity index (χ3v) is 1.82. The molecule has 0 N–H and O–H groups in total. The lowest BCUT2D eigenvalue weighted by Gasteiger charge is -2.04. The van der Waals surface area contributed by atoms with Gasteiger partial charge in [-0.3, -0.25) is 0 Å². The van der Waals surface area contributed by atoms with Crippen LogP contribution in [0.15, 0.2) is 0 Å². The van der Waals surface area contributed by atoms with E-state index in [9.17, 15) is 8.78 Å². The molecule has 0 saturated heterocycles. The van der Waals surface area contributed by atoms with Crippen molar-refractivity contribution in [2.45, 2.75) is 30.4 Å². The second kappa shape index (κ2) is 1.87. The van der Waals surface area contributed by atoms with Crippen LogP contribution in [0.25, 0.3) is 0 Å². The summed E-state index contributed by atoms with van der Waals surface area (Å²) in [7, 11) is 0. The minimum atomic E-state index is -2.41. The summed E-state index contributed by atoms with van der Waals surface area (Å²) in [6, 6.07) is 0. The summed E-state index contributed by atoms with van der Waals surface area (Å²) >= 11 is 3.93. The van der Waals surface area contributed by atoms with E-state index in [0.29, 0.717) is 6.42 Å². The zero-order valence-corrected chi connectivity index (χ0v) is 5.30. The number of thiol groups is 1. The van der Waals surface area contributed by atoms with Crippen molar-refractivity contribution in [2.75, 3.05) is 0 Å². The lowest BCUT2D eigenvalue weighted by atomic mass is 10.3. The van der Waals surface area contributed by atoms with Crippen LogP contribution >= 0.6 is 12.6 Å². The lowest BCUT2D eigenvalue weighted by Crippen LogP contribution is -2.09. The summed E-state index contributed by atoms with van der Waals surface area (Å²) in [4.78, 5) is 0. The predicted molar refractivity (Wildman–Crippen MR) is 31.6 cm³/mol. The molecule has 0 unspecified atom stereocenters. The summed E-state index contributed by atoms with van der Waals surface area (Å²) in [6.07, 6.45) is 0.563. The fourth-order valence-corrected chi connectivity index (χ4v) is 1.32. The molecule has 0 aromatic heterocycles. The second-order valence-corrected chi connectivity index (χ2v) is 2.98. The first-order chi connectivity index (χ1) is 3.60. The average Bonchev–Trinajstić information content (AvgIpc) is 1.82. The first kappa shape index (κ1) is 6.33. The minimum Gasteiger partial charge on any atom is -0.207 e. The zero-order chi connectivity index (χ0) is 6.20. The molecular formula is C5H8F2S. The van der Waals surface area contributed by atoms with Gasteiger partial charge in [-0.05, 0) is 6.42 Å². The predicted octanol–water partition coefficient (Wildman–Crippen LogP) is 2.10. The van der Waals surface area contributed by atoms with Gasteiger partial charge in [0.2, 0.25) is 5.92 Å². The van der Waals surface area contributed by atoms with Crippen LogP contribution in [0.3, 0.4) is 0 Å². The Morgan fingerprint density at radius 3 is 2.25 bits per heavy atom. The fraction of sp³-hybridized carbons (Fsp3) is 1.00. The van der Waals surface area contributed by atoms with Crippen LogP contribution in [0.5, 0.6) is 0 Å². The Morgan fingerprint density at radius 2 is 2.12 bits per heavy atom. The highest BCUT2D eigenvalue weighted by molar-refractivity contribution is 7.80. The molecule has 0 amide bonds. The topological polar surface area (TPSA) is 0 Å². The molecule has 0 aliphatic heterocycles. The van der Waals surface area contributed by atoms with Crippen molar-refractivity contribution in [1.29, 1.82) is 0 Å². The molecule has 48 valence electrons. The minimum absolute atomic E-state index is 0.0289. The maximum Gasteiger partial charge on any atom is 0.249 e. The highest BCUT2D eigenvalue weighted by Gasteiger charge is 2.37. The van der Waals surface area contributed by atoms with E-state index in [4.69, 9.17) is 0 Å². The molecule has 1 atom stereocenters. The van der Waals surface area contributed by atoms with Gasteiger partial charge in [0.25, 0.3) is 0 Å². The van der Waals surface area contributed by atoms with Crippen molar-refractivity contribution in [3.8, 4) is 0 Å². The van der Waals surface area contributed by atoms with E-state index in [1.807, 2.05) is 0 Å². The number of hydrogen-bond donors (Lipinski definition) is 1. The molecule has 0 bridgehead atoms. The monoisotopic (exact) mass is 138 g/mol. The third kappa shape index (κ3) is 1.34. The van der Waals surface area contributed by atoms with E-state index in [0.717, 1.165) is 0 Å². The fourth-order valence-electron chi connectivity index (χ4n) is 0.927. The number of hydrogen-bond acceptors (Lipinski definition) is 1. The molecule has 0 aromatic rings. The van der Waals surface area contributed by atoms with E-state index in [2.05, 4.69) is 12.6 Å². The average molecular weight is 138 g/mol. The Hall–Kier alpha value is 0.210. The smallest absolute Gasteiger partial charge is 0.207 e. The van der Waals surface area contributed by atoms with Crippen LogP contribution in [0, 0.1) is 0 Å². The van der Waals surface area contributed by atoms with E-state index in [1.54, 1.807) is 0 Å². The normalized spacial score (nSPS) is 35.6. The summed E-state index contributed by atoms with van der Waals surface area (Å²) in [6.45, 7) is 0. The maximum atomic E-state index is 12.1. The van der Waals surface area contributed by atoms with Crippen molar-refractivity contribution in [3.05, 3.63) is 0 Å². The first-order valence-corrected chi connectivity index (χ1v) is 3.18. The molecule has 3 heteroatoms. The van der Waals surface area contributed by atoms with E-state index < -0.39 is 5.92 Å². The molecule has 0 spiro atoms. The van der Waals surface area contributed by atoms with Gasteiger partial charge in [-0.2, -0.15) is 12.6 Å². The quantitative estimate of drug-likeness (QED) is 0.487. The number of rotatable bonds is 0. The van der Waals surface area contributed by atoms with Crippen LogP contribution in [0.2, 0.25) is 0 Å². The molecule has 1 rings (SSSR count). The highest BCUT2D eigenvalue weighted by Crippen LogP contribution is 2.36. The summed E-state index contributed by atoms with van der Waals surface area (Å²) in [5.74, 6) is -2.41. The summed E-state index contributed by atoms with van der Waals surface area (Å²) < 4.78 is 24.3. The molecule has 1 aliphatic rings. The third-order valence-electron chi connectivity index (χ3n) is 1.38. The molecule has 0 nitrogen and oxygen atoms in total. The van der Waals surface area contributed by atoms with Crippen LogP contribution in [-0.2, 0) is 0 Å². The van der Waals surface area contributed by atoms with Crippen molar-refractivity contribution >= 4 is 12.6 Å². The molecule has 1 aliphatic carbocycles. The highest BCUT2D eigenvalue weighted by atomic mass is 32.1. The van der Waals surface area contributed by atoms with Crippen molar-refractivity contribution in [3.63, 3.8) is 0 Å². The largest absolute Gasteiger partial charge is 0.249 e. The Balaban J connectivity index is 2.44. The Labute approximate surface area is 52.7 Å². The molecule has 0 radical (unpaired) electrons. The Morgan fingerprint density at radius 1 is 1.50 bits per heavy atom. The standard InChI is InChI=1S/C5H8F2S/c6-5(7)2-1-4(8)3-5/h4,8H,1-3H2/t4-/m1/s1. The maximum absolute atomic E-state index is 12.1. The van der Waals surface area contributed by atoms with E-state index in [1.165, 1.54) is 0 Å². The van der Waals surface area contributed by atoms with Gasteiger partial charge >= 0.3 is 0 Å². The SMILES string of the molecule is FC1(F)CC[C@@H](S)C1. The van der Waals surface area contributed by atoms with Gasteiger partial charge in [-0.1, -0.05) is 0 Å². The van der Waals surface area contributed by atoms with Gasteiger partial charge in [0.05, 0.1) is 0 Å². The molecule has 0 aromatic carbocycles. The van der Waals surface area contributed by atoms with Gasteiger partial charge in [-0.25, -0.2) is 8.78 Å². The van der Waals surface area contributed by atoms with Crippen molar-refractivity contribution < 1.29 is 8.78 Å². The zero-order valence-electron chi connectivity index (χ0n) is 4.40. The van der Waals surface area contributed by atoms with E-state index in [-0.39, 0.29) is 18.1 Å². The van der Waals surface area contributed by atoms with Crippen LogP contribution in [0.4, 0.5) is 8.78 Å². The van der Waals surface area contributed by atoms with Crippen molar-refractivity contribution in [1.82, 2.24) is 0 Å². The molecule has 8 heavy (non-hydrogen) atoms.